The number of carboxylic acids is 1. The zero-order valence-corrected chi connectivity index (χ0v) is 7.06. The van der Waals surface area contributed by atoms with Crippen LogP contribution >= 0.6 is 0 Å². The lowest BCUT2D eigenvalue weighted by Crippen LogP contribution is -2.03. The number of carboxylic acid groups (broad SMARTS) is 1. The Bertz CT molecular complexity index is 290. The first-order valence-electron chi connectivity index (χ1n) is 3.65. The van der Waals surface area contributed by atoms with Crippen molar-refractivity contribution in [3.8, 4) is 0 Å². The summed E-state index contributed by atoms with van der Waals surface area (Å²) < 4.78 is 9.50. The predicted octanol–water partition coefficient (Wildman–Crippen LogP) is 0.658. The van der Waals surface area contributed by atoms with Crippen molar-refractivity contribution in [1.29, 1.82) is 0 Å². The average molecular weight is 186 g/mol. The molecule has 1 unspecified atom stereocenters. The van der Waals surface area contributed by atoms with Gasteiger partial charge >= 0.3 is 5.97 Å². The minimum Gasteiger partial charge on any atom is -0.475 e. The highest BCUT2D eigenvalue weighted by molar-refractivity contribution is 5.84. The number of carbonyl (C=O) groups is 1. The molecule has 5 nitrogen and oxygen atoms in total. The van der Waals surface area contributed by atoms with E-state index in [-0.39, 0.29) is 18.1 Å². The van der Waals surface area contributed by atoms with Gasteiger partial charge in [-0.15, -0.1) is 0 Å². The zero-order valence-electron chi connectivity index (χ0n) is 7.06. The molecule has 1 aromatic heterocycles. The normalized spacial score (nSPS) is 12.8. The molecule has 72 valence electrons. The summed E-state index contributed by atoms with van der Waals surface area (Å²) in [6, 6.07) is 2.70. The molecule has 0 bridgehead atoms. The lowest BCUT2D eigenvalue weighted by Gasteiger charge is -2.04. The Morgan fingerprint density at radius 2 is 2.38 bits per heavy atom. The summed E-state index contributed by atoms with van der Waals surface area (Å²) in [5, 5.41) is 17.8. The zero-order chi connectivity index (χ0) is 9.84. The van der Waals surface area contributed by atoms with Gasteiger partial charge in [-0.25, -0.2) is 4.79 Å². The van der Waals surface area contributed by atoms with Crippen LogP contribution in [0.4, 0.5) is 0 Å². The number of hydrogen-bond acceptors (Lipinski definition) is 4. The second-order valence-electron chi connectivity index (χ2n) is 2.48. The van der Waals surface area contributed by atoms with Crippen molar-refractivity contribution in [2.45, 2.75) is 6.10 Å². The summed E-state index contributed by atoms with van der Waals surface area (Å²) in [7, 11) is 1.43. The summed E-state index contributed by atoms with van der Waals surface area (Å²) in [6.07, 6.45) is -0.918. The molecular weight excluding hydrogens is 176 g/mol. The van der Waals surface area contributed by atoms with E-state index in [1.54, 1.807) is 0 Å². The quantitative estimate of drug-likeness (QED) is 0.721. The molecule has 0 amide bonds. The molecule has 2 N–H and O–H groups in total. The van der Waals surface area contributed by atoms with Gasteiger partial charge in [-0.3, -0.25) is 0 Å². The van der Waals surface area contributed by atoms with E-state index in [2.05, 4.69) is 4.74 Å². The Kier molecular flexibility index (Phi) is 3.05. The summed E-state index contributed by atoms with van der Waals surface area (Å²) in [6.45, 7) is 0.0760. The monoisotopic (exact) mass is 186 g/mol. The van der Waals surface area contributed by atoms with E-state index in [0.29, 0.717) is 0 Å². The Morgan fingerprint density at radius 1 is 1.69 bits per heavy atom. The van der Waals surface area contributed by atoms with Crippen LogP contribution in [0.5, 0.6) is 0 Å². The van der Waals surface area contributed by atoms with Crippen LogP contribution in [0.2, 0.25) is 0 Å². The largest absolute Gasteiger partial charge is 0.475 e. The molecule has 1 heterocycles. The molecule has 1 aromatic rings. The summed E-state index contributed by atoms with van der Waals surface area (Å²) in [5.74, 6) is -1.15. The van der Waals surface area contributed by atoms with Crippen molar-refractivity contribution in [1.82, 2.24) is 0 Å². The number of furan rings is 1. The van der Waals surface area contributed by atoms with Gasteiger partial charge in [-0.1, -0.05) is 0 Å². The molecule has 1 atom stereocenters. The van der Waals surface area contributed by atoms with Crippen molar-refractivity contribution in [2.75, 3.05) is 13.7 Å². The highest BCUT2D eigenvalue weighted by atomic mass is 16.5. The molecule has 0 aliphatic rings. The first-order valence-corrected chi connectivity index (χ1v) is 3.65. The predicted molar refractivity (Wildman–Crippen MR) is 42.5 cm³/mol. The number of aromatic carboxylic acids is 1. The van der Waals surface area contributed by atoms with Crippen LogP contribution in [0.1, 0.15) is 22.4 Å². The lowest BCUT2D eigenvalue weighted by atomic mass is 10.3. The van der Waals surface area contributed by atoms with E-state index >= 15 is 0 Å². The van der Waals surface area contributed by atoms with Gasteiger partial charge in [-0.05, 0) is 12.1 Å². The van der Waals surface area contributed by atoms with Crippen LogP contribution in [0.25, 0.3) is 0 Å². The van der Waals surface area contributed by atoms with Gasteiger partial charge in [0.1, 0.15) is 11.9 Å². The van der Waals surface area contributed by atoms with E-state index in [4.69, 9.17) is 9.52 Å². The summed E-state index contributed by atoms with van der Waals surface area (Å²) >= 11 is 0. The molecule has 0 aromatic carbocycles. The molecule has 0 saturated heterocycles. The third-order valence-electron chi connectivity index (χ3n) is 1.49. The standard InChI is InChI=1S/C8H10O5/c1-12-4-5(9)6-2-3-7(13-6)8(10)11/h2-3,5,9H,4H2,1H3,(H,10,11). The van der Waals surface area contributed by atoms with Gasteiger partial charge in [0, 0.05) is 7.11 Å². The van der Waals surface area contributed by atoms with E-state index in [1.165, 1.54) is 19.2 Å². The number of methoxy groups -OCH3 is 1. The fourth-order valence-corrected chi connectivity index (χ4v) is 0.887. The van der Waals surface area contributed by atoms with Crippen molar-refractivity contribution >= 4 is 5.97 Å². The molecule has 5 heteroatoms. The van der Waals surface area contributed by atoms with Crippen LogP contribution in [-0.4, -0.2) is 29.9 Å². The number of aliphatic hydroxyl groups excluding tert-OH is 1. The maximum atomic E-state index is 10.4. The highest BCUT2D eigenvalue weighted by Crippen LogP contribution is 2.16. The maximum Gasteiger partial charge on any atom is 0.371 e. The molecular formula is C8H10O5. The Morgan fingerprint density at radius 3 is 2.85 bits per heavy atom. The van der Waals surface area contributed by atoms with Crippen molar-refractivity contribution in [2.24, 2.45) is 0 Å². The lowest BCUT2D eigenvalue weighted by molar-refractivity contribution is 0.0469. The molecule has 0 spiro atoms. The van der Waals surface area contributed by atoms with E-state index in [1.807, 2.05) is 0 Å². The van der Waals surface area contributed by atoms with Crippen LogP contribution in [0.15, 0.2) is 16.5 Å². The SMILES string of the molecule is COCC(O)c1ccc(C(=O)O)o1. The topological polar surface area (TPSA) is 79.9 Å². The average Bonchev–Trinajstić information content (AvgIpc) is 2.52. The maximum absolute atomic E-state index is 10.4. The Labute approximate surface area is 74.5 Å². The number of aliphatic hydroxyl groups is 1. The van der Waals surface area contributed by atoms with E-state index in [9.17, 15) is 9.90 Å². The third kappa shape index (κ3) is 2.30. The van der Waals surface area contributed by atoms with Crippen LogP contribution < -0.4 is 0 Å². The Hall–Kier alpha value is -1.33. The minimum absolute atomic E-state index is 0.0760. The van der Waals surface area contributed by atoms with Gasteiger partial charge in [-0.2, -0.15) is 0 Å². The first kappa shape index (κ1) is 9.76. The number of hydrogen-bond donors (Lipinski definition) is 2. The van der Waals surface area contributed by atoms with Gasteiger partial charge in [0.05, 0.1) is 6.61 Å². The second kappa shape index (κ2) is 4.06. The van der Waals surface area contributed by atoms with Gasteiger partial charge in [0.15, 0.2) is 0 Å². The van der Waals surface area contributed by atoms with Crippen molar-refractivity contribution in [3.05, 3.63) is 23.7 Å². The molecule has 0 radical (unpaired) electrons. The van der Waals surface area contributed by atoms with Gasteiger partial charge < -0.3 is 19.4 Å². The molecule has 0 saturated carbocycles. The smallest absolute Gasteiger partial charge is 0.371 e. The van der Waals surface area contributed by atoms with Crippen LogP contribution in [-0.2, 0) is 4.74 Å². The second-order valence-corrected chi connectivity index (χ2v) is 2.48. The molecule has 13 heavy (non-hydrogen) atoms. The van der Waals surface area contributed by atoms with Gasteiger partial charge in [0.25, 0.3) is 0 Å². The summed E-state index contributed by atoms with van der Waals surface area (Å²) in [5.41, 5.74) is 0. The first-order chi connectivity index (χ1) is 6.15. The fraction of sp³-hybridized carbons (Fsp3) is 0.375. The molecule has 0 aliphatic carbocycles. The van der Waals surface area contributed by atoms with Crippen LogP contribution in [0, 0.1) is 0 Å². The van der Waals surface area contributed by atoms with Gasteiger partial charge in [0.2, 0.25) is 5.76 Å². The number of rotatable bonds is 4. The number of ether oxygens (including phenoxy) is 1. The minimum atomic E-state index is -1.16. The Balaban J connectivity index is 2.73. The highest BCUT2D eigenvalue weighted by Gasteiger charge is 2.14. The van der Waals surface area contributed by atoms with E-state index < -0.39 is 12.1 Å². The molecule has 0 aliphatic heterocycles. The summed E-state index contributed by atoms with van der Waals surface area (Å²) in [4.78, 5) is 10.4. The third-order valence-corrected chi connectivity index (χ3v) is 1.49. The molecule has 0 fully saturated rings. The van der Waals surface area contributed by atoms with Crippen molar-refractivity contribution < 1.29 is 24.2 Å². The van der Waals surface area contributed by atoms with Crippen LogP contribution in [0.3, 0.4) is 0 Å². The van der Waals surface area contributed by atoms with Crippen molar-refractivity contribution in [3.63, 3.8) is 0 Å². The molecule has 1 rings (SSSR count). The van der Waals surface area contributed by atoms with E-state index in [0.717, 1.165) is 0 Å². The fourth-order valence-electron chi connectivity index (χ4n) is 0.887.